The second kappa shape index (κ2) is 4.49. The fourth-order valence-electron chi connectivity index (χ4n) is 1.85. The summed E-state index contributed by atoms with van der Waals surface area (Å²) >= 11 is -0.432. The Balaban J connectivity index is 2.30. The molecule has 0 spiro atoms. The molecule has 0 bridgehead atoms. The van der Waals surface area contributed by atoms with E-state index in [1.54, 1.807) is 0 Å². The summed E-state index contributed by atoms with van der Waals surface area (Å²) < 4.78 is 2.49. The maximum atomic E-state index is 12.0. The van der Waals surface area contributed by atoms with Crippen molar-refractivity contribution in [3.8, 4) is 9.14 Å². The van der Waals surface area contributed by atoms with E-state index in [0.717, 1.165) is 5.39 Å². The first-order valence-corrected chi connectivity index (χ1v) is 7.76. The molecule has 17 heavy (non-hydrogen) atoms. The average molecular weight is 334 g/mol. The molecule has 0 aliphatic carbocycles. The molecule has 0 saturated carbocycles. The second-order valence-corrected chi connectivity index (χ2v) is 6.93. The third-order valence-corrected chi connectivity index (χ3v) is 5.97. The third-order valence-electron chi connectivity index (χ3n) is 2.69. The van der Waals surface area contributed by atoms with Gasteiger partial charge in [-0.25, -0.2) is 0 Å². The van der Waals surface area contributed by atoms with Gasteiger partial charge in [0, 0.05) is 0 Å². The van der Waals surface area contributed by atoms with Gasteiger partial charge in [0.05, 0.1) is 0 Å². The van der Waals surface area contributed by atoms with E-state index < -0.39 is 20.4 Å². The number of hydrogen-bond acceptors (Lipinski definition) is 1. The minimum absolute atomic E-state index is 0.149. The van der Waals surface area contributed by atoms with Crippen molar-refractivity contribution in [2.75, 3.05) is 0 Å². The Morgan fingerprint density at radius 3 is 2.35 bits per heavy atom. The number of benzene rings is 2. The van der Waals surface area contributed by atoms with Crippen LogP contribution < -0.4 is 5.43 Å². The molecular weight excluding hydrogens is 324 g/mol. The molecule has 0 saturated heterocycles. The van der Waals surface area contributed by atoms with Crippen LogP contribution in [-0.4, -0.2) is 20.4 Å². The standard InChI is InChI=1S/C15H10OTe/c16-13-10-15(11-6-2-1-3-7-11)17-14-9-5-4-8-12(13)14/h1-10H. The molecule has 0 fully saturated rings. The zero-order valence-corrected chi connectivity index (χ0v) is 11.4. The van der Waals surface area contributed by atoms with Crippen molar-refractivity contribution in [1.29, 1.82) is 0 Å². The number of hydrogen-bond donors (Lipinski definition) is 0. The van der Waals surface area contributed by atoms with Crippen LogP contribution in [0.1, 0.15) is 0 Å². The first-order chi connectivity index (χ1) is 8.34. The van der Waals surface area contributed by atoms with Crippen molar-refractivity contribution < 1.29 is 0 Å². The quantitative estimate of drug-likeness (QED) is 0.626. The van der Waals surface area contributed by atoms with Crippen LogP contribution in [0.2, 0.25) is 0 Å². The topological polar surface area (TPSA) is 17.1 Å². The van der Waals surface area contributed by atoms with E-state index in [0.29, 0.717) is 0 Å². The van der Waals surface area contributed by atoms with Gasteiger partial charge in [-0.05, 0) is 0 Å². The van der Waals surface area contributed by atoms with Crippen molar-refractivity contribution in [2.24, 2.45) is 0 Å². The zero-order valence-electron chi connectivity index (χ0n) is 9.09. The van der Waals surface area contributed by atoms with E-state index in [1.807, 2.05) is 42.5 Å². The maximum absolute atomic E-state index is 12.0. The van der Waals surface area contributed by atoms with Gasteiger partial charge in [-0.15, -0.1) is 0 Å². The third kappa shape index (κ3) is 2.07. The van der Waals surface area contributed by atoms with Gasteiger partial charge in [-0.3, -0.25) is 0 Å². The van der Waals surface area contributed by atoms with Crippen molar-refractivity contribution in [1.82, 2.24) is 0 Å². The first kappa shape index (κ1) is 10.8. The Bertz CT molecular complexity index is 714. The minimum atomic E-state index is -0.432. The molecule has 2 aromatic carbocycles. The van der Waals surface area contributed by atoms with Crippen molar-refractivity contribution >= 4 is 29.2 Å². The Morgan fingerprint density at radius 2 is 1.53 bits per heavy atom. The van der Waals surface area contributed by atoms with Crippen LogP contribution in [0.15, 0.2) is 65.5 Å². The molecule has 1 aromatic heterocycles. The van der Waals surface area contributed by atoms with Gasteiger partial charge < -0.3 is 0 Å². The van der Waals surface area contributed by atoms with Gasteiger partial charge in [-0.2, -0.15) is 0 Å². The van der Waals surface area contributed by atoms with E-state index >= 15 is 0 Å². The molecule has 3 aromatic rings. The van der Waals surface area contributed by atoms with Crippen LogP contribution in [0.25, 0.3) is 17.9 Å². The molecule has 0 atom stereocenters. The van der Waals surface area contributed by atoms with E-state index in [-0.39, 0.29) is 5.43 Å². The predicted molar refractivity (Wildman–Crippen MR) is 72.6 cm³/mol. The van der Waals surface area contributed by atoms with Crippen molar-refractivity contribution in [3.63, 3.8) is 0 Å². The molecule has 0 amide bonds. The summed E-state index contributed by atoms with van der Waals surface area (Å²) in [7, 11) is 0. The summed E-state index contributed by atoms with van der Waals surface area (Å²) in [6.45, 7) is 0. The molecule has 0 aliphatic rings. The van der Waals surface area contributed by atoms with E-state index in [4.69, 9.17) is 0 Å². The van der Waals surface area contributed by atoms with Gasteiger partial charge in [0.2, 0.25) is 0 Å². The summed E-state index contributed by atoms with van der Waals surface area (Å²) in [6.07, 6.45) is 0. The van der Waals surface area contributed by atoms with Gasteiger partial charge in [0.25, 0.3) is 0 Å². The zero-order chi connectivity index (χ0) is 11.7. The van der Waals surface area contributed by atoms with Crippen molar-refractivity contribution in [3.05, 3.63) is 70.9 Å². The molecule has 1 nitrogen and oxygen atoms in total. The number of fused-ring (bicyclic) bond motifs is 1. The van der Waals surface area contributed by atoms with Crippen LogP contribution in [0.3, 0.4) is 0 Å². The second-order valence-electron chi connectivity index (χ2n) is 3.84. The normalized spacial score (nSPS) is 10.6. The molecule has 0 radical (unpaired) electrons. The molecule has 1 heterocycles. The van der Waals surface area contributed by atoms with Crippen LogP contribution in [0, 0.1) is 0 Å². The van der Waals surface area contributed by atoms with E-state index in [2.05, 4.69) is 18.2 Å². The average Bonchev–Trinajstić information content (AvgIpc) is 2.40. The van der Waals surface area contributed by atoms with Crippen LogP contribution >= 0.6 is 0 Å². The Kier molecular flexibility index (Phi) is 2.84. The van der Waals surface area contributed by atoms with Crippen LogP contribution in [0.4, 0.5) is 0 Å². The monoisotopic (exact) mass is 336 g/mol. The Hall–Kier alpha value is -1.36. The number of rotatable bonds is 1. The molecule has 0 N–H and O–H groups in total. The van der Waals surface area contributed by atoms with E-state index in [1.165, 1.54) is 12.5 Å². The van der Waals surface area contributed by atoms with Gasteiger partial charge in [0.1, 0.15) is 0 Å². The summed E-state index contributed by atoms with van der Waals surface area (Å²) in [5, 5.41) is 0.898. The molecular formula is C15H10OTe. The fourth-order valence-corrected chi connectivity index (χ4v) is 4.94. The summed E-state index contributed by atoms with van der Waals surface area (Å²) in [5.74, 6) is 0. The molecule has 3 rings (SSSR count). The molecule has 0 aliphatic heterocycles. The van der Waals surface area contributed by atoms with Gasteiger partial charge >= 0.3 is 109 Å². The van der Waals surface area contributed by atoms with E-state index in [9.17, 15) is 4.79 Å². The first-order valence-electron chi connectivity index (χ1n) is 5.43. The summed E-state index contributed by atoms with van der Waals surface area (Å²) in [5.41, 5.74) is 1.34. The fraction of sp³-hybridized carbons (Fsp3) is 0. The van der Waals surface area contributed by atoms with Crippen LogP contribution in [0.5, 0.6) is 0 Å². The van der Waals surface area contributed by atoms with Crippen LogP contribution in [-0.2, 0) is 0 Å². The molecule has 0 unspecified atom stereocenters. The Labute approximate surface area is 109 Å². The summed E-state index contributed by atoms with van der Waals surface area (Å²) in [6, 6.07) is 20.0. The molecule has 82 valence electrons. The molecule has 2 heteroatoms. The predicted octanol–water partition coefficient (Wildman–Crippen LogP) is 2.92. The van der Waals surface area contributed by atoms with Gasteiger partial charge in [0.15, 0.2) is 0 Å². The van der Waals surface area contributed by atoms with Gasteiger partial charge in [-0.1, -0.05) is 0 Å². The van der Waals surface area contributed by atoms with Crippen molar-refractivity contribution in [2.45, 2.75) is 0 Å². The summed E-state index contributed by atoms with van der Waals surface area (Å²) in [4.78, 5) is 12.0. The Morgan fingerprint density at radius 1 is 0.824 bits per heavy atom. The SMILES string of the molecule is O=c1cc(-c2ccccc2)[te]c2ccccc12.